The SMILES string of the molecule is COc1cc(C)ccc1-c1nnc(NC2CCCN(C(=O)O)C2)c2c(Br)cccc12. The van der Waals surface area contributed by atoms with Crippen molar-refractivity contribution in [3.63, 3.8) is 0 Å². The molecule has 0 bridgehead atoms. The molecule has 0 aliphatic carbocycles. The fourth-order valence-electron chi connectivity index (χ4n) is 3.92. The molecule has 156 valence electrons. The van der Waals surface area contributed by atoms with Crippen molar-refractivity contribution in [1.29, 1.82) is 0 Å². The number of amides is 1. The Morgan fingerprint density at radius 2 is 2.13 bits per heavy atom. The van der Waals surface area contributed by atoms with Crippen LogP contribution in [-0.4, -0.2) is 52.5 Å². The lowest BCUT2D eigenvalue weighted by Crippen LogP contribution is -2.44. The predicted molar refractivity (Wildman–Crippen MR) is 120 cm³/mol. The number of piperidine rings is 1. The quantitative estimate of drug-likeness (QED) is 0.561. The summed E-state index contributed by atoms with van der Waals surface area (Å²) in [6.45, 7) is 3.01. The Morgan fingerprint density at radius 1 is 1.30 bits per heavy atom. The van der Waals surface area contributed by atoms with Crippen molar-refractivity contribution in [2.45, 2.75) is 25.8 Å². The lowest BCUT2D eigenvalue weighted by atomic mass is 10.0. The number of carbonyl (C=O) groups is 1. The van der Waals surface area contributed by atoms with Crippen LogP contribution in [0.25, 0.3) is 22.0 Å². The van der Waals surface area contributed by atoms with Crippen molar-refractivity contribution < 1.29 is 14.6 Å². The molecule has 30 heavy (non-hydrogen) atoms. The summed E-state index contributed by atoms with van der Waals surface area (Å²) in [6.07, 6.45) is 0.806. The third kappa shape index (κ3) is 3.92. The summed E-state index contributed by atoms with van der Waals surface area (Å²) in [5.74, 6) is 1.39. The molecule has 7 nitrogen and oxygen atoms in total. The van der Waals surface area contributed by atoms with Gasteiger partial charge in [0.25, 0.3) is 0 Å². The molecule has 0 radical (unpaired) electrons. The topological polar surface area (TPSA) is 87.6 Å². The molecule has 0 spiro atoms. The van der Waals surface area contributed by atoms with Gasteiger partial charge < -0.3 is 20.1 Å². The minimum absolute atomic E-state index is 0.0146. The van der Waals surface area contributed by atoms with Crippen molar-refractivity contribution in [3.05, 3.63) is 46.4 Å². The van der Waals surface area contributed by atoms with E-state index in [-0.39, 0.29) is 6.04 Å². The molecule has 1 amide bonds. The Hall–Kier alpha value is -2.87. The number of nitrogens with zero attached hydrogens (tertiary/aromatic N) is 3. The number of hydrogen-bond donors (Lipinski definition) is 2. The summed E-state index contributed by atoms with van der Waals surface area (Å²) in [4.78, 5) is 12.8. The second kappa shape index (κ2) is 8.47. The van der Waals surface area contributed by atoms with Crippen LogP contribution in [0.5, 0.6) is 5.75 Å². The zero-order valence-electron chi connectivity index (χ0n) is 16.9. The number of rotatable bonds is 4. The van der Waals surface area contributed by atoms with Crippen LogP contribution in [-0.2, 0) is 0 Å². The van der Waals surface area contributed by atoms with Gasteiger partial charge in [-0.3, -0.25) is 0 Å². The summed E-state index contributed by atoms with van der Waals surface area (Å²) < 4.78 is 6.49. The summed E-state index contributed by atoms with van der Waals surface area (Å²) in [5.41, 5.74) is 2.72. The Balaban J connectivity index is 1.77. The minimum Gasteiger partial charge on any atom is -0.496 e. The zero-order valence-corrected chi connectivity index (χ0v) is 18.4. The number of aromatic nitrogens is 2. The van der Waals surface area contributed by atoms with Crippen molar-refractivity contribution in [3.8, 4) is 17.0 Å². The largest absolute Gasteiger partial charge is 0.496 e. The highest BCUT2D eigenvalue weighted by atomic mass is 79.9. The van der Waals surface area contributed by atoms with Crippen LogP contribution >= 0.6 is 15.9 Å². The molecule has 1 atom stereocenters. The minimum atomic E-state index is -0.888. The molecular weight excluding hydrogens is 448 g/mol. The number of likely N-dealkylation sites (tertiary alicyclic amines) is 1. The smallest absolute Gasteiger partial charge is 0.407 e. The Kier molecular flexibility index (Phi) is 5.76. The Morgan fingerprint density at radius 3 is 2.90 bits per heavy atom. The van der Waals surface area contributed by atoms with E-state index < -0.39 is 6.09 Å². The predicted octanol–water partition coefficient (Wildman–Crippen LogP) is 4.93. The molecule has 2 aromatic carbocycles. The van der Waals surface area contributed by atoms with Crippen LogP contribution in [0.2, 0.25) is 0 Å². The second-order valence-electron chi connectivity index (χ2n) is 7.48. The van der Waals surface area contributed by atoms with Gasteiger partial charge in [0.15, 0.2) is 5.82 Å². The van der Waals surface area contributed by atoms with Crippen molar-refractivity contribution in [1.82, 2.24) is 15.1 Å². The number of hydrogen-bond acceptors (Lipinski definition) is 5. The number of anilines is 1. The summed E-state index contributed by atoms with van der Waals surface area (Å²) in [6, 6.07) is 11.9. The molecule has 4 rings (SSSR count). The molecule has 1 aromatic heterocycles. The van der Waals surface area contributed by atoms with E-state index >= 15 is 0 Å². The highest BCUT2D eigenvalue weighted by Gasteiger charge is 2.25. The van der Waals surface area contributed by atoms with E-state index in [0.717, 1.165) is 50.7 Å². The lowest BCUT2D eigenvalue weighted by molar-refractivity contribution is 0.133. The first-order valence-corrected chi connectivity index (χ1v) is 10.6. The summed E-state index contributed by atoms with van der Waals surface area (Å²) in [5, 5.41) is 23.6. The Labute approximate surface area is 183 Å². The number of carboxylic acid groups (broad SMARTS) is 1. The molecule has 3 aromatic rings. The molecule has 1 saturated heterocycles. The van der Waals surface area contributed by atoms with Gasteiger partial charge in [-0.15, -0.1) is 10.2 Å². The maximum atomic E-state index is 11.4. The van der Waals surface area contributed by atoms with E-state index in [2.05, 4.69) is 31.4 Å². The van der Waals surface area contributed by atoms with Gasteiger partial charge in [0.05, 0.1) is 7.11 Å². The van der Waals surface area contributed by atoms with E-state index in [1.165, 1.54) is 4.90 Å². The van der Waals surface area contributed by atoms with E-state index in [1.807, 2.05) is 43.3 Å². The van der Waals surface area contributed by atoms with Crippen LogP contribution in [0, 0.1) is 6.92 Å². The average Bonchev–Trinajstić information content (AvgIpc) is 2.74. The number of ether oxygens (including phenoxy) is 1. The summed E-state index contributed by atoms with van der Waals surface area (Å²) in [7, 11) is 1.65. The van der Waals surface area contributed by atoms with E-state index in [9.17, 15) is 9.90 Å². The third-order valence-corrected chi connectivity index (χ3v) is 6.06. The maximum Gasteiger partial charge on any atom is 0.407 e. The van der Waals surface area contributed by atoms with Crippen molar-refractivity contribution >= 4 is 38.6 Å². The van der Waals surface area contributed by atoms with Crippen LogP contribution in [0.15, 0.2) is 40.9 Å². The van der Waals surface area contributed by atoms with Gasteiger partial charge in [0, 0.05) is 39.9 Å². The van der Waals surface area contributed by atoms with Crippen LogP contribution in [0.1, 0.15) is 18.4 Å². The van der Waals surface area contributed by atoms with Crippen LogP contribution in [0.4, 0.5) is 10.6 Å². The lowest BCUT2D eigenvalue weighted by Gasteiger charge is -2.31. The number of methoxy groups -OCH3 is 1. The van der Waals surface area contributed by atoms with Gasteiger partial charge in [-0.2, -0.15) is 0 Å². The van der Waals surface area contributed by atoms with Crippen LogP contribution in [0.3, 0.4) is 0 Å². The standard InChI is InChI=1S/C22H23BrN4O3/c1-13-8-9-15(18(11-13)30-2)20-16-6-3-7-17(23)19(16)21(26-25-20)24-14-5-4-10-27(12-14)22(28)29/h3,6-9,11,14H,4-5,10,12H2,1-2H3,(H,24,26)(H,28,29). The first-order valence-electron chi connectivity index (χ1n) is 9.82. The molecular formula is C22H23BrN4O3. The fraction of sp³-hybridized carbons (Fsp3) is 0.318. The fourth-order valence-corrected chi connectivity index (χ4v) is 4.48. The number of halogens is 1. The van der Waals surface area contributed by atoms with E-state index in [1.54, 1.807) is 7.11 Å². The molecule has 1 unspecified atom stereocenters. The molecule has 1 fully saturated rings. The maximum absolute atomic E-state index is 11.4. The molecule has 0 saturated carbocycles. The first kappa shape index (κ1) is 20.4. The van der Waals surface area contributed by atoms with E-state index in [0.29, 0.717) is 18.9 Å². The summed E-state index contributed by atoms with van der Waals surface area (Å²) >= 11 is 3.66. The molecule has 1 aliphatic rings. The first-order chi connectivity index (χ1) is 14.5. The van der Waals surface area contributed by atoms with Crippen molar-refractivity contribution in [2.24, 2.45) is 0 Å². The van der Waals surface area contributed by atoms with Gasteiger partial charge in [0.1, 0.15) is 11.4 Å². The average molecular weight is 471 g/mol. The number of aryl methyl sites for hydroxylation is 1. The van der Waals surface area contributed by atoms with Crippen LogP contribution < -0.4 is 10.1 Å². The van der Waals surface area contributed by atoms with Gasteiger partial charge >= 0.3 is 6.09 Å². The highest BCUT2D eigenvalue weighted by molar-refractivity contribution is 9.10. The molecule has 2 heterocycles. The monoisotopic (exact) mass is 470 g/mol. The van der Waals surface area contributed by atoms with E-state index in [4.69, 9.17) is 4.74 Å². The number of nitrogens with one attached hydrogen (secondary N) is 1. The molecule has 2 N–H and O–H groups in total. The second-order valence-corrected chi connectivity index (χ2v) is 8.33. The molecule has 8 heteroatoms. The zero-order chi connectivity index (χ0) is 21.3. The normalized spacial score (nSPS) is 16.5. The molecule has 1 aliphatic heterocycles. The Bertz CT molecular complexity index is 1110. The van der Waals surface area contributed by atoms with Gasteiger partial charge in [-0.05, 0) is 43.5 Å². The van der Waals surface area contributed by atoms with Gasteiger partial charge in [-0.25, -0.2) is 4.79 Å². The number of fused-ring (bicyclic) bond motifs is 1. The number of benzene rings is 2. The third-order valence-electron chi connectivity index (χ3n) is 5.40. The van der Waals surface area contributed by atoms with Crippen molar-refractivity contribution in [2.75, 3.05) is 25.5 Å². The van der Waals surface area contributed by atoms with Gasteiger partial charge in [0.2, 0.25) is 0 Å². The van der Waals surface area contributed by atoms with Gasteiger partial charge in [-0.1, -0.05) is 34.1 Å². The highest BCUT2D eigenvalue weighted by Crippen LogP contribution is 2.38.